The molecular formula is C18H17InN2O2S. The molecule has 24 heavy (non-hydrogen) atoms. The molecular weight excluding hydrogens is 423 g/mol. The summed E-state index contributed by atoms with van der Waals surface area (Å²) in [7, 11) is 0. The van der Waals surface area contributed by atoms with Crippen LogP contribution in [0.25, 0.3) is 9.41 Å². The van der Waals surface area contributed by atoms with Crippen molar-refractivity contribution in [2.45, 2.75) is 19.3 Å². The summed E-state index contributed by atoms with van der Waals surface area (Å²) in [6, 6.07) is 6.50. The molecule has 2 fully saturated rings. The van der Waals surface area contributed by atoms with Crippen molar-refractivity contribution < 1.29 is 9.59 Å². The van der Waals surface area contributed by atoms with E-state index in [1.807, 2.05) is 0 Å². The topological polar surface area (TPSA) is 49.4 Å². The summed E-state index contributed by atoms with van der Waals surface area (Å²) in [6.07, 6.45) is 6.19. The van der Waals surface area contributed by atoms with Crippen LogP contribution in [0.2, 0.25) is 0 Å². The van der Waals surface area contributed by atoms with Gasteiger partial charge in [0.1, 0.15) is 0 Å². The van der Waals surface area contributed by atoms with E-state index in [-0.39, 0.29) is 11.1 Å². The van der Waals surface area contributed by atoms with Gasteiger partial charge in [-0.3, -0.25) is 0 Å². The van der Waals surface area contributed by atoms with Crippen LogP contribution in [0.4, 0.5) is 4.79 Å². The monoisotopic (exact) mass is 440 g/mol. The van der Waals surface area contributed by atoms with Crippen LogP contribution in [0.3, 0.4) is 0 Å². The first-order chi connectivity index (χ1) is 11.7. The van der Waals surface area contributed by atoms with Crippen molar-refractivity contribution >= 4 is 57.1 Å². The van der Waals surface area contributed by atoms with Crippen molar-refractivity contribution in [3.63, 3.8) is 0 Å². The third kappa shape index (κ3) is 2.26. The fourth-order valence-corrected chi connectivity index (χ4v) is 16.8. The van der Waals surface area contributed by atoms with Crippen LogP contribution in [-0.4, -0.2) is 57.1 Å². The molecule has 6 heteroatoms. The number of nitrogens with zero attached hydrogens (tertiary/aromatic N) is 1. The molecule has 5 rings (SSSR count). The molecule has 0 saturated carbocycles. The van der Waals surface area contributed by atoms with Crippen molar-refractivity contribution in [1.29, 1.82) is 0 Å². The molecule has 2 amide bonds. The van der Waals surface area contributed by atoms with Gasteiger partial charge in [0.2, 0.25) is 0 Å². The zero-order valence-corrected chi connectivity index (χ0v) is 17.4. The molecule has 0 unspecified atom stereocenters. The molecule has 4 bridgehead atoms. The third-order valence-corrected chi connectivity index (χ3v) is 17.0. The Kier molecular flexibility index (Phi) is 3.68. The molecule has 4 heterocycles. The number of nitrogens with one attached hydrogen (secondary N) is 1. The zero-order valence-electron chi connectivity index (χ0n) is 13.3. The average Bonchev–Trinajstić information content (AvgIpc) is 3.30. The SMILES string of the molecule is O=C1NC(=O)/C(=[C]2\c3ccc[c]4c3C=[C](CCN3CCCC3)[In]24)S1. The predicted octanol–water partition coefficient (Wildman–Crippen LogP) is 2.06. The van der Waals surface area contributed by atoms with Crippen molar-refractivity contribution in [1.82, 2.24) is 10.2 Å². The Balaban J connectivity index is 1.50. The Morgan fingerprint density at radius 1 is 1.21 bits per heavy atom. The Morgan fingerprint density at radius 2 is 2.04 bits per heavy atom. The van der Waals surface area contributed by atoms with Crippen LogP contribution in [0.1, 0.15) is 30.4 Å². The maximum atomic E-state index is 12.2. The van der Waals surface area contributed by atoms with Gasteiger partial charge in [0.25, 0.3) is 0 Å². The Hall–Kier alpha value is -0.980. The van der Waals surface area contributed by atoms with E-state index in [0.717, 1.165) is 24.7 Å². The van der Waals surface area contributed by atoms with Crippen LogP contribution in [-0.2, 0) is 4.79 Å². The van der Waals surface area contributed by atoms with Gasteiger partial charge < -0.3 is 0 Å². The molecule has 0 atom stereocenters. The molecule has 0 aliphatic carbocycles. The van der Waals surface area contributed by atoms with Crippen LogP contribution in [0.15, 0.2) is 26.4 Å². The Morgan fingerprint density at radius 3 is 2.75 bits per heavy atom. The van der Waals surface area contributed by atoms with Gasteiger partial charge in [-0.2, -0.15) is 0 Å². The number of benzene rings is 1. The fraction of sp³-hybridized carbons (Fsp3) is 0.333. The van der Waals surface area contributed by atoms with E-state index < -0.39 is 21.4 Å². The minimum absolute atomic E-state index is 0.184. The summed E-state index contributed by atoms with van der Waals surface area (Å²) in [5, 5.41) is 2.22. The fourth-order valence-electron chi connectivity index (χ4n) is 4.45. The third-order valence-electron chi connectivity index (χ3n) is 5.51. The summed E-state index contributed by atoms with van der Waals surface area (Å²) in [4.78, 5) is 27.1. The quantitative estimate of drug-likeness (QED) is 0.732. The molecule has 0 spiro atoms. The molecule has 4 aliphatic rings. The van der Waals surface area contributed by atoms with E-state index in [1.165, 1.54) is 43.7 Å². The summed E-state index contributed by atoms with van der Waals surface area (Å²) < 4.78 is 4.38. The van der Waals surface area contributed by atoms with Gasteiger partial charge in [-0.25, -0.2) is 0 Å². The predicted molar refractivity (Wildman–Crippen MR) is 98.1 cm³/mol. The molecule has 4 aliphatic heterocycles. The van der Waals surface area contributed by atoms with Gasteiger partial charge in [0.05, 0.1) is 0 Å². The van der Waals surface area contributed by atoms with Crippen molar-refractivity contribution in [2.75, 3.05) is 19.6 Å². The summed E-state index contributed by atoms with van der Waals surface area (Å²) in [6.45, 7) is 3.60. The summed E-state index contributed by atoms with van der Waals surface area (Å²) >= 11 is -1.25. The average molecular weight is 440 g/mol. The second-order valence-corrected chi connectivity index (χ2v) is 15.8. The van der Waals surface area contributed by atoms with Crippen molar-refractivity contribution in [3.05, 3.63) is 37.6 Å². The van der Waals surface area contributed by atoms with Crippen molar-refractivity contribution in [3.8, 4) is 0 Å². The second-order valence-electron chi connectivity index (χ2n) is 6.85. The molecule has 1 aromatic carbocycles. The van der Waals surface area contributed by atoms with E-state index in [9.17, 15) is 9.59 Å². The number of imide groups is 1. The summed E-state index contributed by atoms with van der Waals surface area (Å²) in [5.74, 6) is -0.184. The minimum atomic E-state index is -2.36. The van der Waals surface area contributed by atoms with Crippen LogP contribution in [0, 0.1) is 0 Å². The van der Waals surface area contributed by atoms with E-state index in [4.69, 9.17) is 0 Å². The van der Waals surface area contributed by atoms with Crippen molar-refractivity contribution in [2.24, 2.45) is 0 Å². The van der Waals surface area contributed by atoms with Crippen LogP contribution >= 0.6 is 11.8 Å². The van der Waals surface area contributed by atoms with Gasteiger partial charge in [0, 0.05) is 0 Å². The first kappa shape index (κ1) is 15.3. The molecule has 1 N–H and O–H groups in total. The number of likely N-dealkylation sites (tertiary alicyclic amines) is 1. The van der Waals surface area contributed by atoms with Crippen LogP contribution in [0.5, 0.6) is 0 Å². The molecule has 0 radical (unpaired) electrons. The van der Waals surface area contributed by atoms with Gasteiger partial charge in [-0.15, -0.1) is 0 Å². The second kappa shape index (κ2) is 5.78. The molecule has 2 saturated heterocycles. The van der Waals surface area contributed by atoms with Gasteiger partial charge in [0.15, 0.2) is 0 Å². The molecule has 120 valence electrons. The van der Waals surface area contributed by atoms with E-state index in [1.54, 1.807) is 3.33 Å². The standard InChI is InChI=1S/C18H17N2O2S.In/c21-17-16(23-18(22)19-17)13-15-9-2-1-7-14(15)8-3-4-10-20-11-5-6-12-20;/h1-2,8-9H,4-6,10-12H2,(H,19,21,22);. The number of thioether (sulfide) groups is 1. The van der Waals surface area contributed by atoms with Gasteiger partial charge in [-0.05, 0) is 0 Å². The molecule has 0 aromatic heterocycles. The number of carbonyl (C=O) groups excluding carboxylic acids is 2. The van der Waals surface area contributed by atoms with E-state index >= 15 is 0 Å². The maximum absolute atomic E-state index is 12.2. The Labute approximate surface area is 152 Å². The molecule has 1 aromatic rings. The summed E-state index contributed by atoms with van der Waals surface area (Å²) in [5.41, 5.74) is 2.58. The van der Waals surface area contributed by atoms with E-state index in [0.29, 0.717) is 4.91 Å². The number of amides is 2. The number of carbonyl (C=O) groups is 2. The number of hydrogen-bond donors (Lipinski definition) is 1. The number of hydrogen-bond acceptors (Lipinski definition) is 4. The van der Waals surface area contributed by atoms with E-state index in [2.05, 4.69) is 34.5 Å². The normalized spacial score (nSPS) is 25.0. The first-order valence-electron chi connectivity index (χ1n) is 8.56. The molecule has 4 nitrogen and oxygen atoms in total. The zero-order chi connectivity index (χ0) is 16.3. The Bertz CT molecular complexity index is 839. The number of rotatable bonds is 3. The van der Waals surface area contributed by atoms with Gasteiger partial charge >= 0.3 is 153 Å². The van der Waals surface area contributed by atoms with Crippen LogP contribution < -0.4 is 8.64 Å². The first-order valence-corrected chi connectivity index (χ1v) is 14.3. The van der Waals surface area contributed by atoms with Gasteiger partial charge in [-0.1, -0.05) is 0 Å².